The Labute approximate surface area is 354 Å². The Balaban J connectivity index is 1.41. The van der Waals surface area contributed by atoms with Crippen LogP contribution in [0.1, 0.15) is 70.1 Å². The molecule has 1 aliphatic heterocycles. The topological polar surface area (TPSA) is 179 Å². The van der Waals surface area contributed by atoms with Gasteiger partial charge >= 0.3 is 12.1 Å². The standard InChI is InChI=1S/C47H61N7O6/c1-46(2,3)42(54-26-25-53(45(54)59)30-33-13-12-16-36(48)27-33)43(57)52-41(39(55)22-24-50-40(56)29-47(4,5)31-51-44(58)60-6)37(34-14-8-7-9-15-34)28-32-18-20-35(21-19-32)38-17-10-11-23-49-38/h7-21,23,27,37,39,41-42,55H,22,24-26,28-31,48H2,1-6H3,(H,50,56)(H,51,58)(H,52,57). The second kappa shape index (κ2) is 20.3. The van der Waals surface area contributed by atoms with Crippen LogP contribution >= 0.6 is 0 Å². The van der Waals surface area contributed by atoms with E-state index >= 15 is 0 Å². The quantitative estimate of drug-likeness (QED) is 0.0744. The molecular weight excluding hydrogens is 759 g/mol. The SMILES string of the molecule is COC(=O)NCC(C)(C)CC(=O)NCCC(O)C(NC(=O)C(N1CCN(Cc2cccc(N)c2)C1=O)C(C)(C)C)C(Cc1ccc(-c2ccccn2)cc1)c1ccccc1. The highest BCUT2D eigenvalue weighted by Crippen LogP contribution is 2.32. The minimum atomic E-state index is -1.10. The van der Waals surface area contributed by atoms with Gasteiger partial charge in [0.2, 0.25) is 11.8 Å². The lowest BCUT2D eigenvalue weighted by atomic mass is 9.81. The Kier molecular flexibility index (Phi) is 15.3. The molecule has 2 heterocycles. The number of ether oxygens (including phenoxy) is 1. The highest BCUT2D eigenvalue weighted by molar-refractivity contribution is 5.89. The van der Waals surface area contributed by atoms with E-state index in [1.54, 1.807) is 22.1 Å². The predicted octanol–water partition coefficient (Wildman–Crippen LogP) is 6.13. The van der Waals surface area contributed by atoms with Crippen molar-refractivity contribution in [3.8, 4) is 11.3 Å². The average Bonchev–Trinajstić information content (AvgIpc) is 3.56. The van der Waals surface area contributed by atoms with E-state index in [0.717, 1.165) is 27.9 Å². The van der Waals surface area contributed by atoms with Gasteiger partial charge in [0.15, 0.2) is 0 Å². The summed E-state index contributed by atoms with van der Waals surface area (Å²) < 4.78 is 4.67. The van der Waals surface area contributed by atoms with E-state index in [0.29, 0.717) is 31.7 Å². The van der Waals surface area contributed by atoms with Gasteiger partial charge in [-0.05, 0) is 64.6 Å². The zero-order valence-electron chi connectivity index (χ0n) is 35.7. The van der Waals surface area contributed by atoms with Crippen molar-refractivity contribution in [1.82, 2.24) is 30.7 Å². The molecule has 4 unspecified atom stereocenters. The fourth-order valence-corrected chi connectivity index (χ4v) is 7.84. The lowest BCUT2D eigenvalue weighted by Crippen LogP contribution is -2.59. The summed E-state index contributed by atoms with van der Waals surface area (Å²) >= 11 is 0. The van der Waals surface area contributed by atoms with Crippen LogP contribution in [0.15, 0.2) is 103 Å². The maximum absolute atomic E-state index is 14.8. The summed E-state index contributed by atoms with van der Waals surface area (Å²) in [5, 5.41) is 21.0. The Bertz CT molecular complexity index is 2040. The molecule has 320 valence electrons. The summed E-state index contributed by atoms with van der Waals surface area (Å²) in [6, 6.07) is 29.2. The number of aliphatic hydroxyl groups is 1. The Morgan fingerprint density at radius 1 is 0.883 bits per heavy atom. The van der Waals surface area contributed by atoms with Gasteiger partial charge in [-0.1, -0.05) is 107 Å². The molecule has 5 amide bonds. The van der Waals surface area contributed by atoms with Crippen molar-refractivity contribution in [2.24, 2.45) is 10.8 Å². The fraction of sp³-hybridized carbons (Fsp3) is 0.426. The number of aliphatic hydroxyl groups excluding tert-OH is 1. The molecule has 3 aromatic carbocycles. The molecule has 1 saturated heterocycles. The van der Waals surface area contributed by atoms with Gasteiger partial charge in [-0.15, -0.1) is 0 Å². The zero-order chi connectivity index (χ0) is 43.5. The molecule has 0 radical (unpaired) electrons. The number of hydrogen-bond acceptors (Lipinski definition) is 8. The van der Waals surface area contributed by atoms with Crippen LogP contribution in [0, 0.1) is 10.8 Å². The number of nitrogen functional groups attached to an aromatic ring is 1. The first kappa shape index (κ1) is 45.1. The number of alkyl carbamates (subject to hydrolysis) is 1. The Hall–Kier alpha value is -5.95. The smallest absolute Gasteiger partial charge is 0.406 e. The number of nitrogens with two attached hydrogens (primary N) is 1. The van der Waals surface area contributed by atoms with Crippen molar-refractivity contribution in [3.63, 3.8) is 0 Å². The molecule has 1 aromatic heterocycles. The second-order valence-corrected chi connectivity index (χ2v) is 17.5. The van der Waals surface area contributed by atoms with E-state index in [1.807, 2.05) is 126 Å². The number of urea groups is 1. The number of benzene rings is 3. The molecule has 1 aliphatic rings. The lowest BCUT2D eigenvalue weighted by molar-refractivity contribution is -0.130. The molecule has 0 bridgehead atoms. The highest BCUT2D eigenvalue weighted by atomic mass is 16.5. The van der Waals surface area contributed by atoms with Crippen LogP contribution in [0.4, 0.5) is 15.3 Å². The third-order valence-electron chi connectivity index (χ3n) is 10.9. The number of pyridine rings is 1. The van der Waals surface area contributed by atoms with Crippen LogP contribution in [-0.4, -0.2) is 95.3 Å². The van der Waals surface area contributed by atoms with Gasteiger partial charge < -0.3 is 41.3 Å². The van der Waals surface area contributed by atoms with Gasteiger partial charge in [-0.2, -0.15) is 0 Å². The van der Waals surface area contributed by atoms with Gasteiger partial charge in [0.05, 0.1) is 24.9 Å². The monoisotopic (exact) mass is 819 g/mol. The maximum atomic E-state index is 14.8. The van der Waals surface area contributed by atoms with Gasteiger partial charge in [-0.3, -0.25) is 14.6 Å². The summed E-state index contributed by atoms with van der Waals surface area (Å²) in [5.74, 6) is -1.02. The highest BCUT2D eigenvalue weighted by Gasteiger charge is 2.45. The van der Waals surface area contributed by atoms with Crippen molar-refractivity contribution < 1.29 is 29.0 Å². The number of nitrogens with one attached hydrogen (secondary N) is 3. The first-order valence-corrected chi connectivity index (χ1v) is 20.6. The zero-order valence-corrected chi connectivity index (χ0v) is 35.7. The average molecular weight is 820 g/mol. The van der Waals surface area contributed by atoms with Crippen molar-refractivity contribution in [2.75, 3.05) is 39.0 Å². The number of nitrogens with zero attached hydrogens (tertiary/aromatic N) is 3. The number of hydrogen-bond donors (Lipinski definition) is 5. The van der Waals surface area contributed by atoms with E-state index in [-0.39, 0.29) is 43.8 Å². The van der Waals surface area contributed by atoms with Gasteiger partial charge in [-0.25, -0.2) is 9.59 Å². The van der Waals surface area contributed by atoms with Gasteiger partial charge in [0, 0.05) is 62.5 Å². The first-order chi connectivity index (χ1) is 28.5. The van der Waals surface area contributed by atoms with Crippen LogP contribution < -0.4 is 21.7 Å². The third kappa shape index (κ3) is 12.5. The molecule has 6 N–H and O–H groups in total. The minimum absolute atomic E-state index is 0.125. The third-order valence-corrected chi connectivity index (χ3v) is 10.9. The van der Waals surface area contributed by atoms with E-state index in [9.17, 15) is 24.3 Å². The summed E-state index contributed by atoms with van der Waals surface area (Å²) in [6.07, 6.45) is 0.813. The molecule has 13 heteroatoms. The second-order valence-electron chi connectivity index (χ2n) is 17.5. The predicted molar refractivity (Wildman–Crippen MR) is 234 cm³/mol. The normalized spacial score (nSPS) is 15.2. The number of amides is 5. The molecule has 0 aliphatic carbocycles. The van der Waals surface area contributed by atoms with Crippen molar-refractivity contribution >= 4 is 29.6 Å². The van der Waals surface area contributed by atoms with Crippen LogP contribution in [0.3, 0.4) is 0 Å². The van der Waals surface area contributed by atoms with Gasteiger partial charge in [0.25, 0.3) is 0 Å². The van der Waals surface area contributed by atoms with E-state index in [4.69, 9.17) is 5.73 Å². The number of carbonyl (C=O) groups excluding carboxylic acids is 4. The van der Waals surface area contributed by atoms with Crippen LogP contribution in [-0.2, 0) is 27.3 Å². The summed E-state index contributed by atoms with van der Waals surface area (Å²) in [7, 11) is 1.28. The largest absolute Gasteiger partial charge is 0.453 e. The Morgan fingerprint density at radius 3 is 2.25 bits per heavy atom. The molecular formula is C47H61N7O6. The molecule has 5 rings (SSSR count). The van der Waals surface area contributed by atoms with E-state index in [1.165, 1.54) is 7.11 Å². The van der Waals surface area contributed by atoms with Crippen LogP contribution in [0.5, 0.6) is 0 Å². The van der Waals surface area contributed by atoms with E-state index < -0.39 is 41.0 Å². The number of carbonyl (C=O) groups is 4. The Morgan fingerprint density at radius 2 is 1.60 bits per heavy atom. The molecule has 13 nitrogen and oxygen atoms in total. The molecule has 4 atom stereocenters. The van der Waals surface area contributed by atoms with Gasteiger partial charge in [0.1, 0.15) is 6.04 Å². The summed E-state index contributed by atoms with van der Waals surface area (Å²) in [5.41, 5.74) is 10.0. The number of aromatic nitrogens is 1. The van der Waals surface area contributed by atoms with Crippen LogP contribution in [0.2, 0.25) is 0 Å². The van der Waals surface area contributed by atoms with Crippen molar-refractivity contribution in [3.05, 3.63) is 120 Å². The molecule has 60 heavy (non-hydrogen) atoms. The number of rotatable bonds is 18. The molecule has 0 spiro atoms. The molecule has 4 aromatic rings. The van der Waals surface area contributed by atoms with Crippen LogP contribution in [0.25, 0.3) is 11.3 Å². The summed E-state index contributed by atoms with van der Waals surface area (Å²) in [6.45, 7) is 11.1. The maximum Gasteiger partial charge on any atom is 0.406 e. The lowest BCUT2D eigenvalue weighted by Gasteiger charge is -2.39. The fourth-order valence-electron chi connectivity index (χ4n) is 7.84. The minimum Gasteiger partial charge on any atom is -0.453 e. The number of methoxy groups -OCH3 is 1. The molecule has 1 fully saturated rings. The number of anilines is 1. The molecule has 0 saturated carbocycles. The summed E-state index contributed by atoms with van der Waals surface area (Å²) in [4.78, 5) is 61.5. The van der Waals surface area contributed by atoms with Crippen molar-refractivity contribution in [2.45, 2.75) is 84.5 Å². The van der Waals surface area contributed by atoms with E-state index in [2.05, 4.69) is 25.7 Å². The van der Waals surface area contributed by atoms with Crippen molar-refractivity contribution in [1.29, 1.82) is 0 Å². The first-order valence-electron chi connectivity index (χ1n) is 20.6.